The van der Waals surface area contributed by atoms with Gasteiger partial charge in [0.05, 0.1) is 13.7 Å². The van der Waals surface area contributed by atoms with Crippen LogP contribution in [0.1, 0.15) is 6.42 Å². The molecule has 0 bridgehead atoms. The average Bonchev–Trinajstić information content (AvgIpc) is 2.84. The van der Waals surface area contributed by atoms with E-state index in [1.165, 1.54) is 11.8 Å². The summed E-state index contributed by atoms with van der Waals surface area (Å²) in [6.07, 6.45) is 0.729. The van der Waals surface area contributed by atoms with Crippen molar-refractivity contribution in [3.05, 3.63) is 24.3 Å². The molecule has 1 aliphatic heterocycles. The maximum Gasteiger partial charge on any atom is 0.319 e. The van der Waals surface area contributed by atoms with E-state index in [1.54, 1.807) is 14.2 Å². The highest BCUT2D eigenvalue weighted by atomic mass is 79.9. The SMILES string of the molecule is Br.CN=C(Nc1ccc(OC)cc1)SC1CCOC1=O. The fourth-order valence-electron chi connectivity index (χ4n) is 1.66. The Morgan fingerprint density at radius 3 is 2.65 bits per heavy atom. The Balaban J connectivity index is 0.00000200. The monoisotopic (exact) mass is 360 g/mol. The first-order valence-electron chi connectivity index (χ1n) is 5.94. The molecule has 1 fully saturated rings. The van der Waals surface area contributed by atoms with Crippen LogP contribution in [0, 0.1) is 0 Å². The number of cyclic esters (lactones) is 1. The lowest BCUT2D eigenvalue weighted by Crippen LogP contribution is -2.17. The van der Waals surface area contributed by atoms with Gasteiger partial charge < -0.3 is 14.8 Å². The van der Waals surface area contributed by atoms with Gasteiger partial charge in [0.15, 0.2) is 5.17 Å². The average molecular weight is 361 g/mol. The summed E-state index contributed by atoms with van der Waals surface area (Å²) >= 11 is 1.40. The smallest absolute Gasteiger partial charge is 0.319 e. The van der Waals surface area contributed by atoms with Crippen molar-refractivity contribution in [3.63, 3.8) is 0 Å². The molecular formula is C13H17BrN2O3S. The van der Waals surface area contributed by atoms with Crippen molar-refractivity contribution in [2.75, 3.05) is 26.1 Å². The molecule has 5 nitrogen and oxygen atoms in total. The molecule has 1 atom stereocenters. The maximum absolute atomic E-state index is 11.4. The largest absolute Gasteiger partial charge is 0.497 e. The molecule has 1 heterocycles. The number of amidine groups is 1. The lowest BCUT2D eigenvalue weighted by Gasteiger charge is -2.11. The second-order valence-electron chi connectivity index (χ2n) is 3.94. The van der Waals surface area contributed by atoms with Crippen molar-refractivity contribution in [2.45, 2.75) is 11.7 Å². The van der Waals surface area contributed by atoms with Crippen LogP contribution in [0.3, 0.4) is 0 Å². The molecule has 1 aromatic carbocycles. The molecule has 1 aliphatic rings. The lowest BCUT2D eigenvalue weighted by atomic mass is 10.3. The Bertz CT molecular complexity index is 479. The number of carbonyl (C=O) groups is 1. The van der Waals surface area contributed by atoms with Crippen molar-refractivity contribution in [2.24, 2.45) is 4.99 Å². The van der Waals surface area contributed by atoms with E-state index >= 15 is 0 Å². The first-order chi connectivity index (χ1) is 9.22. The van der Waals surface area contributed by atoms with Gasteiger partial charge in [-0.1, -0.05) is 11.8 Å². The van der Waals surface area contributed by atoms with E-state index < -0.39 is 0 Å². The van der Waals surface area contributed by atoms with Crippen molar-refractivity contribution < 1.29 is 14.3 Å². The molecule has 20 heavy (non-hydrogen) atoms. The van der Waals surface area contributed by atoms with E-state index in [0.717, 1.165) is 17.9 Å². The number of benzene rings is 1. The summed E-state index contributed by atoms with van der Waals surface area (Å²) in [7, 11) is 3.32. The lowest BCUT2D eigenvalue weighted by molar-refractivity contribution is -0.137. The molecule has 1 saturated heterocycles. The number of rotatable bonds is 3. The van der Waals surface area contributed by atoms with E-state index in [-0.39, 0.29) is 28.2 Å². The third-order valence-corrected chi connectivity index (χ3v) is 3.91. The number of aliphatic imine (C=N–C) groups is 1. The zero-order valence-electron chi connectivity index (χ0n) is 11.3. The van der Waals surface area contributed by atoms with Crippen molar-refractivity contribution in [1.29, 1.82) is 0 Å². The van der Waals surface area contributed by atoms with Gasteiger partial charge in [0, 0.05) is 19.2 Å². The molecule has 0 spiro atoms. The minimum atomic E-state index is -0.164. The number of nitrogens with one attached hydrogen (secondary N) is 1. The summed E-state index contributed by atoms with van der Waals surface area (Å²) in [5.41, 5.74) is 0.903. The van der Waals surface area contributed by atoms with Crippen LogP contribution in [0.2, 0.25) is 0 Å². The molecule has 110 valence electrons. The van der Waals surface area contributed by atoms with Crippen LogP contribution in [0.4, 0.5) is 5.69 Å². The van der Waals surface area contributed by atoms with Gasteiger partial charge in [-0.2, -0.15) is 0 Å². The Morgan fingerprint density at radius 1 is 1.45 bits per heavy atom. The molecule has 0 radical (unpaired) electrons. The van der Waals surface area contributed by atoms with Gasteiger partial charge in [-0.3, -0.25) is 9.79 Å². The number of anilines is 1. The predicted octanol–water partition coefficient (Wildman–Crippen LogP) is 2.72. The van der Waals surface area contributed by atoms with Gasteiger partial charge in [-0.05, 0) is 24.3 Å². The number of carbonyl (C=O) groups excluding carboxylic acids is 1. The van der Waals surface area contributed by atoms with E-state index in [0.29, 0.717) is 11.8 Å². The topological polar surface area (TPSA) is 59.9 Å². The second-order valence-corrected chi connectivity index (χ2v) is 5.14. The Morgan fingerprint density at radius 2 is 2.15 bits per heavy atom. The molecule has 1 N–H and O–H groups in total. The van der Waals surface area contributed by atoms with Crippen molar-refractivity contribution >= 4 is 45.6 Å². The van der Waals surface area contributed by atoms with Crippen LogP contribution in [0.5, 0.6) is 5.75 Å². The number of esters is 1. The Labute approximate surface area is 132 Å². The fraction of sp³-hybridized carbons (Fsp3) is 0.385. The van der Waals surface area contributed by atoms with Gasteiger partial charge in [-0.25, -0.2) is 0 Å². The highest BCUT2D eigenvalue weighted by Crippen LogP contribution is 2.24. The zero-order valence-corrected chi connectivity index (χ0v) is 13.8. The summed E-state index contributed by atoms with van der Waals surface area (Å²) in [5.74, 6) is 0.634. The number of ether oxygens (including phenoxy) is 2. The molecule has 0 saturated carbocycles. The maximum atomic E-state index is 11.4. The van der Waals surface area contributed by atoms with Gasteiger partial charge in [-0.15, -0.1) is 17.0 Å². The predicted molar refractivity (Wildman–Crippen MR) is 87.3 cm³/mol. The van der Waals surface area contributed by atoms with Crippen LogP contribution in [-0.4, -0.2) is 37.2 Å². The number of halogens is 1. The van der Waals surface area contributed by atoms with Gasteiger partial charge in [0.25, 0.3) is 0 Å². The quantitative estimate of drug-likeness (QED) is 0.510. The number of thioether (sulfide) groups is 1. The minimum absolute atomic E-state index is 0. The van der Waals surface area contributed by atoms with Crippen LogP contribution >= 0.6 is 28.7 Å². The molecule has 1 unspecified atom stereocenters. The molecule has 1 aromatic rings. The summed E-state index contributed by atoms with van der Waals surface area (Å²) in [5, 5.41) is 3.72. The molecule has 0 aliphatic carbocycles. The van der Waals surface area contributed by atoms with E-state index in [1.807, 2.05) is 24.3 Å². The van der Waals surface area contributed by atoms with Crippen LogP contribution in [0.15, 0.2) is 29.3 Å². The number of hydrogen-bond acceptors (Lipinski definition) is 5. The highest BCUT2D eigenvalue weighted by Gasteiger charge is 2.28. The minimum Gasteiger partial charge on any atom is -0.497 e. The van der Waals surface area contributed by atoms with Crippen molar-refractivity contribution in [1.82, 2.24) is 0 Å². The first-order valence-corrected chi connectivity index (χ1v) is 6.82. The van der Waals surface area contributed by atoms with Crippen LogP contribution < -0.4 is 10.1 Å². The standard InChI is InChI=1S/C13H16N2O3S.BrH/c1-14-13(19-11-7-8-18-12(11)16)15-9-3-5-10(17-2)6-4-9;/h3-6,11H,7-8H2,1-2H3,(H,14,15);1H. The molecule has 7 heteroatoms. The van der Waals surface area contributed by atoms with Gasteiger partial charge in [0.2, 0.25) is 0 Å². The summed E-state index contributed by atoms with van der Waals surface area (Å²) in [4.78, 5) is 15.6. The second kappa shape index (κ2) is 8.16. The molecule has 2 rings (SSSR count). The molecule has 0 amide bonds. The molecular weight excluding hydrogens is 344 g/mol. The summed E-state index contributed by atoms with van der Waals surface area (Å²) < 4.78 is 10.0. The Kier molecular flexibility index (Phi) is 6.87. The highest BCUT2D eigenvalue weighted by molar-refractivity contribution is 8.93. The fourth-order valence-corrected chi connectivity index (χ4v) is 2.59. The van der Waals surface area contributed by atoms with Crippen LogP contribution in [0.25, 0.3) is 0 Å². The normalized spacial score (nSPS) is 18.2. The van der Waals surface area contributed by atoms with Crippen LogP contribution in [-0.2, 0) is 9.53 Å². The Hall–Kier alpha value is -1.21. The summed E-state index contributed by atoms with van der Waals surface area (Å²) in [6, 6.07) is 7.53. The third kappa shape index (κ3) is 4.42. The zero-order chi connectivity index (χ0) is 13.7. The number of nitrogens with zero attached hydrogens (tertiary/aromatic N) is 1. The van der Waals surface area contributed by atoms with E-state index in [2.05, 4.69) is 10.3 Å². The first kappa shape index (κ1) is 16.8. The van der Waals surface area contributed by atoms with Gasteiger partial charge in [0.1, 0.15) is 11.0 Å². The third-order valence-electron chi connectivity index (χ3n) is 2.69. The summed E-state index contributed by atoms with van der Waals surface area (Å²) in [6.45, 7) is 0.496. The molecule has 0 aromatic heterocycles. The van der Waals surface area contributed by atoms with Gasteiger partial charge >= 0.3 is 5.97 Å². The van der Waals surface area contributed by atoms with E-state index in [9.17, 15) is 4.79 Å². The van der Waals surface area contributed by atoms with Crippen molar-refractivity contribution in [3.8, 4) is 5.75 Å². The number of hydrogen-bond donors (Lipinski definition) is 1. The van der Waals surface area contributed by atoms with E-state index in [4.69, 9.17) is 9.47 Å². The number of methoxy groups -OCH3 is 1.